The fourth-order valence-corrected chi connectivity index (χ4v) is 2.63. The minimum Gasteiger partial charge on any atom is -0.491 e. The number of nitrogens with zero attached hydrogens (tertiary/aromatic N) is 2. The minimum atomic E-state index is -4.50. The number of halogens is 4. The molecule has 7 nitrogen and oxygen atoms in total. The van der Waals surface area contributed by atoms with Crippen molar-refractivity contribution >= 4 is 5.91 Å². The van der Waals surface area contributed by atoms with Crippen LogP contribution in [0.15, 0.2) is 53.1 Å². The number of alkyl halides is 3. The van der Waals surface area contributed by atoms with Crippen LogP contribution in [-0.4, -0.2) is 40.4 Å². The molecule has 0 fully saturated rings. The molecule has 0 aliphatic rings. The van der Waals surface area contributed by atoms with Gasteiger partial charge in [-0.15, -0.1) is 0 Å². The zero-order valence-electron chi connectivity index (χ0n) is 16.6. The fraction of sp³-hybridized carbons (Fsp3) is 0.286. The normalized spacial score (nSPS) is 12.4. The number of nitrogens with one attached hydrogen (secondary N) is 1. The molecule has 2 aromatic carbocycles. The molecule has 2 N–H and O–H groups in total. The zero-order valence-corrected chi connectivity index (χ0v) is 16.6. The van der Waals surface area contributed by atoms with Gasteiger partial charge < -0.3 is 19.7 Å². The van der Waals surface area contributed by atoms with E-state index in [0.29, 0.717) is 5.56 Å². The molecule has 3 aromatic rings. The van der Waals surface area contributed by atoms with Crippen LogP contribution in [0.5, 0.6) is 5.75 Å². The van der Waals surface area contributed by atoms with E-state index in [2.05, 4.69) is 15.5 Å². The molecule has 0 saturated heterocycles. The lowest BCUT2D eigenvalue weighted by molar-refractivity contribution is -0.137. The van der Waals surface area contributed by atoms with Crippen LogP contribution in [-0.2, 0) is 17.4 Å². The van der Waals surface area contributed by atoms with Crippen LogP contribution in [0.4, 0.5) is 17.6 Å². The number of carbonyl (C=O) groups excluding carboxylic acids is 1. The first kappa shape index (κ1) is 23.2. The van der Waals surface area contributed by atoms with E-state index in [-0.39, 0.29) is 43.5 Å². The molecule has 0 aliphatic carbocycles. The van der Waals surface area contributed by atoms with Crippen LogP contribution in [0.2, 0.25) is 0 Å². The lowest BCUT2D eigenvalue weighted by atomic mass is 10.2. The summed E-state index contributed by atoms with van der Waals surface area (Å²) >= 11 is 0. The van der Waals surface area contributed by atoms with Crippen LogP contribution in [0.1, 0.15) is 17.9 Å². The monoisotopic (exact) mass is 453 g/mol. The third kappa shape index (κ3) is 6.77. The average molecular weight is 453 g/mol. The Morgan fingerprint density at radius 3 is 2.66 bits per heavy atom. The lowest BCUT2D eigenvalue weighted by Crippen LogP contribution is -2.35. The number of amides is 1. The Bertz CT molecular complexity index is 1040. The molecule has 1 aromatic heterocycles. The maximum atomic E-state index is 13.0. The Hall–Kier alpha value is -3.47. The van der Waals surface area contributed by atoms with Crippen LogP contribution < -0.4 is 10.1 Å². The first-order valence-electron chi connectivity index (χ1n) is 9.54. The quantitative estimate of drug-likeness (QED) is 0.482. The van der Waals surface area contributed by atoms with Crippen molar-refractivity contribution in [3.8, 4) is 17.1 Å². The number of aryl methyl sites for hydroxylation is 1. The van der Waals surface area contributed by atoms with E-state index >= 15 is 0 Å². The Balaban J connectivity index is 1.39. The van der Waals surface area contributed by atoms with Crippen molar-refractivity contribution in [3.05, 3.63) is 65.8 Å². The van der Waals surface area contributed by atoms with Crippen molar-refractivity contribution in [2.75, 3.05) is 13.2 Å². The SMILES string of the molecule is O=C(CCc1nc(-c2ccc(F)cc2)no1)NCC(O)COc1cccc(C(F)(F)F)c1. The van der Waals surface area contributed by atoms with E-state index in [1.807, 2.05) is 0 Å². The minimum absolute atomic E-state index is 0.00621. The van der Waals surface area contributed by atoms with E-state index in [0.717, 1.165) is 12.1 Å². The second-order valence-corrected chi connectivity index (χ2v) is 6.81. The van der Waals surface area contributed by atoms with Gasteiger partial charge in [-0.2, -0.15) is 18.2 Å². The summed E-state index contributed by atoms with van der Waals surface area (Å²) in [6.07, 6.45) is -5.46. The van der Waals surface area contributed by atoms with Gasteiger partial charge in [0.05, 0.1) is 5.56 Å². The van der Waals surface area contributed by atoms with Gasteiger partial charge >= 0.3 is 6.18 Å². The maximum absolute atomic E-state index is 13.0. The number of ether oxygens (including phenoxy) is 1. The van der Waals surface area contributed by atoms with Gasteiger partial charge in [0, 0.05) is 24.9 Å². The van der Waals surface area contributed by atoms with Gasteiger partial charge in [-0.3, -0.25) is 4.79 Å². The van der Waals surface area contributed by atoms with E-state index < -0.39 is 29.6 Å². The van der Waals surface area contributed by atoms with Crippen molar-refractivity contribution in [1.29, 1.82) is 0 Å². The summed E-state index contributed by atoms with van der Waals surface area (Å²) in [5.74, 6) is -0.352. The highest BCUT2D eigenvalue weighted by molar-refractivity contribution is 5.76. The number of aliphatic hydroxyl groups excluding tert-OH is 1. The average Bonchev–Trinajstić information content (AvgIpc) is 3.24. The molecule has 170 valence electrons. The molecular weight excluding hydrogens is 434 g/mol. The maximum Gasteiger partial charge on any atom is 0.416 e. The smallest absolute Gasteiger partial charge is 0.416 e. The van der Waals surface area contributed by atoms with Crippen molar-refractivity contribution in [2.45, 2.75) is 25.1 Å². The van der Waals surface area contributed by atoms with Crippen molar-refractivity contribution < 1.29 is 36.7 Å². The Labute approximate surface area is 180 Å². The van der Waals surface area contributed by atoms with Crippen molar-refractivity contribution in [1.82, 2.24) is 15.5 Å². The standard InChI is InChI=1S/C21H19F4N3O4/c22-15-6-4-13(5-7-15)20-27-19(32-28-20)9-8-18(30)26-11-16(29)12-31-17-3-1-2-14(10-17)21(23,24)25/h1-7,10,16,29H,8-9,11-12H2,(H,26,30). The highest BCUT2D eigenvalue weighted by atomic mass is 19.4. The highest BCUT2D eigenvalue weighted by Crippen LogP contribution is 2.31. The van der Waals surface area contributed by atoms with Gasteiger partial charge in [-0.1, -0.05) is 11.2 Å². The van der Waals surface area contributed by atoms with E-state index in [1.54, 1.807) is 0 Å². The number of rotatable bonds is 9. The lowest BCUT2D eigenvalue weighted by Gasteiger charge is -2.14. The molecule has 0 saturated carbocycles. The van der Waals surface area contributed by atoms with E-state index in [1.165, 1.54) is 36.4 Å². The van der Waals surface area contributed by atoms with Crippen LogP contribution in [0.3, 0.4) is 0 Å². The fourth-order valence-electron chi connectivity index (χ4n) is 2.63. The van der Waals surface area contributed by atoms with Crippen LogP contribution in [0, 0.1) is 5.82 Å². The summed E-state index contributed by atoms with van der Waals surface area (Å²) in [5.41, 5.74) is -0.295. The molecule has 11 heteroatoms. The van der Waals surface area contributed by atoms with Gasteiger partial charge in [0.25, 0.3) is 0 Å². The topological polar surface area (TPSA) is 97.5 Å². The van der Waals surface area contributed by atoms with Gasteiger partial charge in [-0.05, 0) is 42.5 Å². The van der Waals surface area contributed by atoms with E-state index in [4.69, 9.17) is 9.26 Å². The Morgan fingerprint density at radius 1 is 1.19 bits per heavy atom. The molecule has 0 aliphatic heterocycles. The molecule has 1 heterocycles. The van der Waals surface area contributed by atoms with Gasteiger partial charge in [0.15, 0.2) is 0 Å². The largest absolute Gasteiger partial charge is 0.491 e. The molecule has 0 radical (unpaired) electrons. The number of hydrogen-bond acceptors (Lipinski definition) is 6. The summed E-state index contributed by atoms with van der Waals surface area (Å²) in [6, 6.07) is 9.81. The molecular formula is C21H19F4N3O4. The van der Waals surface area contributed by atoms with Gasteiger partial charge in [0.1, 0.15) is 24.3 Å². The molecule has 1 unspecified atom stereocenters. The van der Waals surface area contributed by atoms with Crippen molar-refractivity contribution in [3.63, 3.8) is 0 Å². The Kier molecular flexibility index (Phi) is 7.41. The zero-order chi connectivity index (χ0) is 23.1. The third-order valence-electron chi connectivity index (χ3n) is 4.28. The van der Waals surface area contributed by atoms with Crippen LogP contribution in [0.25, 0.3) is 11.4 Å². The summed E-state index contributed by atoms with van der Waals surface area (Å²) in [5, 5.41) is 16.2. The van der Waals surface area contributed by atoms with Gasteiger partial charge in [0.2, 0.25) is 17.6 Å². The molecule has 1 atom stereocenters. The van der Waals surface area contributed by atoms with Gasteiger partial charge in [-0.25, -0.2) is 4.39 Å². The number of hydrogen-bond donors (Lipinski definition) is 2. The molecule has 3 rings (SSSR count). The van der Waals surface area contributed by atoms with Crippen LogP contribution >= 0.6 is 0 Å². The number of aromatic nitrogens is 2. The summed E-state index contributed by atoms with van der Waals surface area (Å²) in [4.78, 5) is 16.1. The second kappa shape index (κ2) is 10.2. The van der Waals surface area contributed by atoms with Crippen molar-refractivity contribution in [2.24, 2.45) is 0 Å². The number of benzene rings is 2. The predicted octanol–water partition coefficient (Wildman–Crippen LogP) is 3.38. The highest BCUT2D eigenvalue weighted by Gasteiger charge is 2.30. The first-order chi connectivity index (χ1) is 15.2. The first-order valence-corrected chi connectivity index (χ1v) is 9.54. The Morgan fingerprint density at radius 2 is 1.94 bits per heavy atom. The van der Waals surface area contributed by atoms with E-state index in [9.17, 15) is 27.5 Å². The molecule has 0 bridgehead atoms. The molecule has 1 amide bonds. The third-order valence-corrected chi connectivity index (χ3v) is 4.28. The summed E-state index contributed by atoms with van der Waals surface area (Å²) < 4.78 is 61.3. The molecule has 0 spiro atoms. The second-order valence-electron chi connectivity index (χ2n) is 6.81. The summed E-state index contributed by atoms with van der Waals surface area (Å²) in [6.45, 7) is -0.450. The summed E-state index contributed by atoms with van der Waals surface area (Å²) in [7, 11) is 0. The predicted molar refractivity (Wildman–Crippen MR) is 104 cm³/mol. The molecule has 32 heavy (non-hydrogen) atoms. The number of aliphatic hydroxyl groups is 1. The number of carbonyl (C=O) groups is 1.